The standard InChI is InChI=1S/C24H19FN2O3S/c1-30-19-6-4-5-16(13-19)14-26-21-8-3-2-7-20(21)24(23(26)29)27(22(28)15-31-24)18-11-9-17(25)10-12-18/h2-13H,14-15H2,1H3. The molecule has 0 aromatic heterocycles. The number of benzene rings is 3. The Bertz CT molecular complexity index is 1180. The molecular formula is C24H19FN2O3S. The average Bonchev–Trinajstić information content (AvgIpc) is 3.26. The number of hydrogen-bond donors (Lipinski definition) is 0. The van der Waals surface area contributed by atoms with Gasteiger partial charge in [0.25, 0.3) is 5.91 Å². The first kappa shape index (κ1) is 19.6. The summed E-state index contributed by atoms with van der Waals surface area (Å²) in [7, 11) is 1.60. The molecule has 1 atom stereocenters. The molecule has 0 aliphatic carbocycles. The molecule has 0 bridgehead atoms. The summed E-state index contributed by atoms with van der Waals surface area (Å²) in [5.41, 5.74) is 2.96. The van der Waals surface area contributed by atoms with Crippen molar-refractivity contribution >= 4 is 35.0 Å². The van der Waals surface area contributed by atoms with Gasteiger partial charge in [0.15, 0.2) is 0 Å². The summed E-state index contributed by atoms with van der Waals surface area (Å²) in [6.07, 6.45) is 0. The third-order valence-corrected chi connectivity index (χ3v) is 7.01. The number of carbonyl (C=O) groups is 2. The molecular weight excluding hydrogens is 415 g/mol. The largest absolute Gasteiger partial charge is 0.497 e. The Morgan fingerprint density at radius 1 is 1.03 bits per heavy atom. The molecule has 1 saturated heterocycles. The lowest BCUT2D eigenvalue weighted by Gasteiger charge is -2.33. The molecule has 1 unspecified atom stereocenters. The van der Waals surface area contributed by atoms with Crippen LogP contribution in [0.15, 0.2) is 72.8 Å². The summed E-state index contributed by atoms with van der Waals surface area (Å²) in [5.74, 6) is 0.129. The van der Waals surface area contributed by atoms with E-state index < -0.39 is 10.7 Å². The third kappa shape index (κ3) is 2.99. The molecule has 7 heteroatoms. The Balaban J connectivity index is 1.61. The molecule has 0 N–H and O–H groups in total. The minimum Gasteiger partial charge on any atom is -0.497 e. The quantitative estimate of drug-likeness (QED) is 0.614. The number of ether oxygens (including phenoxy) is 1. The van der Waals surface area contributed by atoms with E-state index in [1.54, 1.807) is 24.1 Å². The van der Waals surface area contributed by atoms with Crippen molar-refractivity contribution in [3.8, 4) is 5.75 Å². The lowest BCUT2D eigenvalue weighted by atomic mass is 10.0. The first-order chi connectivity index (χ1) is 15.0. The van der Waals surface area contributed by atoms with E-state index in [1.807, 2.05) is 48.5 Å². The second-order valence-corrected chi connectivity index (χ2v) is 8.57. The summed E-state index contributed by atoms with van der Waals surface area (Å²) in [6, 6.07) is 20.8. The number of rotatable bonds is 4. The van der Waals surface area contributed by atoms with Crippen LogP contribution in [0.3, 0.4) is 0 Å². The Labute approximate surface area is 183 Å². The highest BCUT2D eigenvalue weighted by molar-refractivity contribution is 8.02. The number of fused-ring (bicyclic) bond motifs is 2. The van der Waals surface area contributed by atoms with Gasteiger partial charge in [-0.2, -0.15) is 0 Å². The van der Waals surface area contributed by atoms with Crippen molar-refractivity contribution in [2.75, 3.05) is 22.7 Å². The van der Waals surface area contributed by atoms with Gasteiger partial charge in [0.2, 0.25) is 10.8 Å². The smallest absolute Gasteiger partial charge is 0.269 e. The van der Waals surface area contributed by atoms with Gasteiger partial charge in [-0.05, 0) is 48.0 Å². The summed E-state index contributed by atoms with van der Waals surface area (Å²) in [5, 5.41) is 0. The zero-order chi connectivity index (χ0) is 21.6. The van der Waals surface area contributed by atoms with Crippen LogP contribution in [0.1, 0.15) is 11.1 Å². The zero-order valence-electron chi connectivity index (χ0n) is 16.7. The predicted molar refractivity (Wildman–Crippen MR) is 119 cm³/mol. The van der Waals surface area contributed by atoms with Gasteiger partial charge in [-0.25, -0.2) is 4.39 Å². The molecule has 1 spiro atoms. The molecule has 0 radical (unpaired) electrons. The van der Waals surface area contributed by atoms with Gasteiger partial charge >= 0.3 is 0 Å². The Kier molecular flexibility index (Phi) is 4.70. The first-order valence-corrected chi connectivity index (χ1v) is 10.8. The van der Waals surface area contributed by atoms with E-state index in [0.29, 0.717) is 18.0 Å². The number of para-hydroxylation sites is 1. The van der Waals surface area contributed by atoms with E-state index in [-0.39, 0.29) is 17.6 Å². The summed E-state index contributed by atoms with van der Waals surface area (Å²) >= 11 is 1.31. The maximum absolute atomic E-state index is 13.9. The van der Waals surface area contributed by atoms with E-state index in [1.165, 1.54) is 28.8 Å². The van der Waals surface area contributed by atoms with Crippen LogP contribution in [-0.2, 0) is 21.0 Å². The molecule has 2 amide bonds. The van der Waals surface area contributed by atoms with Gasteiger partial charge in [0.05, 0.1) is 25.1 Å². The number of methoxy groups -OCH3 is 1. The first-order valence-electron chi connectivity index (χ1n) is 9.81. The van der Waals surface area contributed by atoms with Gasteiger partial charge in [0.1, 0.15) is 11.6 Å². The van der Waals surface area contributed by atoms with Crippen molar-refractivity contribution in [2.45, 2.75) is 11.4 Å². The van der Waals surface area contributed by atoms with E-state index in [0.717, 1.165) is 16.8 Å². The molecule has 0 saturated carbocycles. The van der Waals surface area contributed by atoms with Crippen LogP contribution in [0.5, 0.6) is 5.75 Å². The fraction of sp³-hybridized carbons (Fsp3) is 0.167. The van der Waals surface area contributed by atoms with Gasteiger partial charge in [-0.15, -0.1) is 11.8 Å². The highest BCUT2D eigenvalue weighted by Crippen LogP contribution is 2.55. The van der Waals surface area contributed by atoms with Crippen molar-refractivity contribution in [3.63, 3.8) is 0 Å². The second kappa shape index (κ2) is 7.42. The maximum atomic E-state index is 13.9. The number of thioether (sulfide) groups is 1. The van der Waals surface area contributed by atoms with Crippen LogP contribution >= 0.6 is 11.8 Å². The maximum Gasteiger partial charge on any atom is 0.269 e. The van der Waals surface area contributed by atoms with Crippen LogP contribution in [0.2, 0.25) is 0 Å². The molecule has 3 aromatic rings. The summed E-state index contributed by atoms with van der Waals surface area (Å²) in [6.45, 7) is 0.348. The molecule has 1 fully saturated rings. The highest BCUT2D eigenvalue weighted by Gasteiger charge is 2.60. The van der Waals surface area contributed by atoms with Crippen molar-refractivity contribution < 1.29 is 18.7 Å². The van der Waals surface area contributed by atoms with E-state index in [4.69, 9.17) is 4.74 Å². The number of amides is 2. The highest BCUT2D eigenvalue weighted by atomic mass is 32.2. The third-order valence-electron chi connectivity index (χ3n) is 5.62. The lowest BCUT2D eigenvalue weighted by Crippen LogP contribution is -2.49. The topological polar surface area (TPSA) is 49.9 Å². The van der Waals surface area contributed by atoms with Gasteiger partial charge in [-0.1, -0.05) is 30.3 Å². The van der Waals surface area contributed by atoms with Gasteiger partial charge in [0, 0.05) is 11.3 Å². The zero-order valence-corrected chi connectivity index (χ0v) is 17.6. The normalized spacial score (nSPS) is 19.9. The minimum atomic E-state index is -1.20. The monoisotopic (exact) mass is 434 g/mol. The molecule has 2 aliphatic heterocycles. The van der Waals surface area contributed by atoms with Crippen molar-refractivity contribution in [2.24, 2.45) is 0 Å². The predicted octanol–water partition coefficient (Wildman–Crippen LogP) is 4.31. The van der Waals surface area contributed by atoms with E-state index in [9.17, 15) is 14.0 Å². The number of hydrogen-bond acceptors (Lipinski definition) is 4. The van der Waals surface area contributed by atoms with Crippen LogP contribution in [0, 0.1) is 5.82 Å². The van der Waals surface area contributed by atoms with Crippen molar-refractivity contribution in [1.82, 2.24) is 0 Å². The molecule has 2 aliphatic rings. The van der Waals surface area contributed by atoms with Crippen LogP contribution in [0.4, 0.5) is 15.8 Å². The Morgan fingerprint density at radius 2 is 1.81 bits per heavy atom. The Hall–Kier alpha value is -3.32. The number of nitrogens with zero attached hydrogens (tertiary/aromatic N) is 2. The van der Waals surface area contributed by atoms with Gasteiger partial charge < -0.3 is 9.64 Å². The number of carbonyl (C=O) groups excluding carboxylic acids is 2. The molecule has 5 nitrogen and oxygen atoms in total. The van der Waals surface area contributed by atoms with Crippen LogP contribution in [0.25, 0.3) is 0 Å². The van der Waals surface area contributed by atoms with Crippen LogP contribution < -0.4 is 14.5 Å². The second-order valence-electron chi connectivity index (χ2n) is 7.40. The van der Waals surface area contributed by atoms with E-state index >= 15 is 0 Å². The van der Waals surface area contributed by atoms with Crippen molar-refractivity contribution in [3.05, 3.63) is 89.7 Å². The molecule has 5 rings (SSSR count). The lowest BCUT2D eigenvalue weighted by molar-refractivity contribution is -0.123. The fourth-order valence-corrected chi connectivity index (χ4v) is 5.62. The molecule has 2 heterocycles. The number of halogens is 1. The average molecular weight is 434 g/mol. The fourth-order valence-electron chi connectivity index (χ4n) is 4.26. The van der Waals surface area contributed by atoms with Crippen molar-refractivity contribution in [1.29, 1.82) is 0 Å². The van der Waals surface area contributed by atoms with Gasteiger partial charge in [-0.3, -0.25) is 14.5 Å². The summed E-state index contributed by atoms with van der Waals surface area (Å²) < 4.78 is 18.8. The minimum absolute atomic E-state index is 0.171. The number of anilines is 2. The molecule has 156 valence electrons. The van der Waals surface area contributed by atoms with E-state index in [2.05, 4.69) is 0 Å². The summed E-state index contributed by atoms with van der Waals surface area (Å²) in [4.78, 5) is 28.9. The van der Waals surface area contributed by atoms with Crippen LogP contribution in [-0.4, -0.2) is 24.7 Å². The molecule has 3 aromatic carbocycles. The molecule has 31 heavy (non-hydrogen) atoms. The Morgan fingerprint density at radius 3 is 2.58 bits per heavy atom. The SMILES string of the molecule is COc1cccc(CN2C(=O)C3(SCC(=O)N3c3ccc(F)cc3)c3ccccc32)c1.